The number of anilines is 1. The molecule has 9 heteroatoms. The minimum Gasteiger partial charge on any atom is -0.473 e. The van der Waals surface area contributed by atoms with Crippen LogP contribution in [0, 0.1) is 6.92 Å². The molecule has 4 rings (SSSR count). The first-order valence-corrected chi connectivity index (χ1v) is 10.4. The lowest BCUT2D eigenvalue weighted by atomic mass is 10.0. The van der Waals surface area contributed by atoms with Crippen LogP contribution in [-0.4, -0.2) is 31.7 Å². The van der Waals surface area contributed by atoms with Crippen molar-refractivity contribution in [3.63, 3.8) is 0 Å². The van der Waals surface area contributed by atoms with E-state index < -0.39 is 0 Å². The topological polar surface area (TPSA) is 106 Å². The van der Waals surface area contributed by atoms with Crippen molar-refractivity contribution in [2.24, 2.45) is 0 Å². The number of aromatic nitrogens is 4. The Balaban J connectivity index is 1.32. The van der Waals surface area contributed by atoms with Gasteiger partial charge in [-0.05, 0) is 50.2 Å². The molecule has 1 amide bonds. The molecule has 1 aliphatic rings. The van der Waals surface area contributed by atoms with E-state index in [0.29, 0.717) is 23.4 Å². The molecule has 1 aliphatic carbocycles. The summed E-state index contributed by atoms with van der Waals surface area (Å²) in [6.45, 7) is 7.75. The number of aryl methyl sites for hydroxylation is 1. The van der Waals surface area contributed by atoms with Crippen LogP contribution in [0.3, 0.4) is 0 Å². The molecule has 1 fully saturated rings. The van der Waals surface area contributed by atoms with Crippen LogP contribution in [0.5, 0.6) is 5.88 Å². The van der Waals surface area contributed by atoms with Crippen molar-refractivity contribution in [2.75, 3.05) is 5.32 Å². The highest BCUT2D eigenvalue weighted by Gasteiger charge is 2.30. The molecule has 0 aliphatic heterocycles. The van der Waals surface area contributed by atoms with Gasteiger partial charge in [-0.15, -0.1) is 0 Å². The molecule has 1 saturated carbocycles. The maximum Gasteiger partial charge on any atom is 0.233 e. The second-order valence-electron chi connectivity index (χ2n) is 7.43. The Morgan fingerprint density at radius 3 is 3.07 bits per heavy atom. The number of nitrogens with zero attached hydrogens (tertiary/aromatic N) is 3. The van der Waals surface area contributed by atoms with Crippen LogP contribution in [0.1, 0.15) is 54.8 Å². The second kappa shape index (κ2) is 8.20. The Labute approximate surface area is 172 Å². The summed E-state index contributed by atoms with van der Waals surface area (Å²) in [4.78, 5) is 12.2. The van der Waals surface area contributed by atoms with Gasteiger partial charge in [0.25, 0.3) is 0 Å². The number of hydrogen-bond donors (Lipinski definition) is 2. The van der Waals surface area contributed by atoms with Crippen molar-refractivity contribution in [3.8, 4) is 5.88 Å². The molecule has 3 aromatic rings. The lowest BCUT2D eigenvalue weighted by Crippen LogP contribution is -2.14. The minimum atomic E-state index is -0.192. The molecule has 0 unspecified atom stereocenters. The zero-order chi connectivity index (χ0) is 20.4. The zero-order valence-corrected chi connectivity index (χ0v) is 17.2. The molecule has 0 spiro atoms. The predicted molar refractivity (Wildman–Crippen MR) is 110 cm³/mol. The van der Waals surface area contributed by atoms with Gasteiger partial charge in [0.1, 0.15) is 11.9 Å². The summed E-state index contributed by atoms with van der Waals surface area (Å²) >= 11 is 1.38. The fourth-order valence-electron chi connectivity index (χ4n) is 3.54. The standard InChI is InChI=1S/C20H23N5O3S/c1-11(2)16-10-29-25-20(16)27-14-5-4-13(7-14)17-9-18(23-22-17)21-19(26)8-15-6-12(3)24-28-15/h6,9-10,13-14H,1,4-5,7-8H2,2-3H3,(H2,21,22,23,26)/t13-,14+/m0/s1. The third kappa shape index (κ3) is 4.56. The Kier molecular flexibility index (Phi) is 5.48. The van der Waals surface area contributed by atoms with E-state index in [2.05, 4.69) is 31.6 Å². The number of aromatic amines is 1. The molecule has 152 valence electrons. The Hall–Kier alpha value is -2.94. The molecule has 0 aromatic carbocycles. The lowest BCUT2D eigenvalue weighted by molar-refractivity contribution is -0.115. The molecule has 0 bridgehead atoms. The minimum absolute atomic E-state index is 0.108. The van der Waals surface area contributed by atoms with Gasteiger partial charge in [0.15, 0.2) is 5.82 Å². The van der Waals surface area contributed by atoms with E-state index >= 15 is 0 Å². The number of carbonyl (C=O) groups is 1. The summed E-state index contributed by atoms with van der Waals surface area (Å²) in [6, 6.07) is 3.63. The third-order valence-corrected chi connectivity index (χ3v) is 5.59. The summed E-state index contributed by atoms with van der Waals surface area (Å²) < 4.78 is 15.5. The molecular formula is C20H23N5O3S. The van der Waals surface area contributed by atoms with Crippen molar-refractivity contribution in [2.45, 2.75) is 51.6 Å². The van der Waals surface area contributed by atoms with Crippen molar-refractivity contribution < 1.29 is 14.1 Å². The van der Waals surface area contributed by atoms with Gasteiger partial charge >= 0.3 is 0 Å². The normalized spacial score (nSPS) is 18.7. The van der Waals surface area contributed by atoms with Gasteiger partial charge in [-0.1, -0.05) is 11.7 Å². The molecule has 2 N–H and O–H groups in total. The molecule has 3 heterocycles. The molecule has 29 heavy (non-hydrogen) atoms. The SMILES string of the molecule is C=C(C)c1csnc1O[C@@H]1CC[C@H](c2cc(NC(=O)Cc3cc(C)no3)n[nH]2)C1. The van der Waals surface area contributed by atoms with Crippen molar-refractivity contribution >= 4 is 28.8 Å². The van der Waals surface area contributed by atoms with Crippen LogP contribution in [0.4, 0.5) is 5.82 Å². The van der Waals surface area contributed by atoms with Crippen LogP contribution < -0.4 is 10.1 Å². The number of hydrogen-bond acceptors (Lipinski definition) is 7. The third-order valence-electron chi connectivity index (χ3n) is 4.98. The van der Waals surface area contributed by atoms with Crippen LogP contribution >= 0.6 is 11.5 Å². The highest BCUT2D eigenvalue weighted by molar-refractivity contribution is 7.04. The van der Waals surface area contributed by atoms with Crippen LogP contribution in [-0.2, 0) is 11.2 Å². The van der Waals surface area contributed by atoms with Crippen LogP contribution in [0.25, 0.3) is 5.57 Å². The van der Waals surface area contributed by atoms with Gasteiger partial charge in [0, 0.05) is 29.1 Å². The predicted octanol–water partition coefficient (Wildman–Crippen LogP) is 4.09. The summed E-state index contributed by atoms with van der Waals surface area (Å²) in [7, 11) is 0. The number of H-pyrrole nitrogens is 1. The summed E-state index contributed by atoms with van der Waals surface area (Å²) in [6.07, 6.45) is 3.05. The molecule has 8 nitrogen and oxygen atoms in total. The van der Waals surface area contributed by atoms with Gasteiger partial charge in [0.2, 0.25) is 11.8 Å². The molecule has 3 aromatic heterocycles. The Morgan fingerprint density at radius 1 is 1.45 bits per heavy atom. The van der Waals surface area contributed by atoms with Gasteiger partial charge in [0.05, 0.1) is 17.7 Å². The lowest BCUT2D eigenvalue weighted by Gasteiger charge is -2.13. The highest BCUT2D eigenvalue weighted by atomic mass is 32.1. The fraction of sp³-hybridized carbons (Fsp3) is 0.400. The van der Waals surface area contributed by atoms with Gasteiger partial charge < -0.3 is 14.6 Å². The monoisotopic (exact) mass is 413 g/mol. The quantitative estimate of drug-likeness (QED) is 0.604. The van der Waals surface area contributed by atoms with E-state index in [1.54, 1.807) is 6.07 Å². The molecular weight excluding hydrogens is 390 g/mol. The van der Waals surface area contributed by atoms with E-state index in [0.717, 1.165) is 41.8 Å². The van der Waals surface area contributed by atoms with E-state index in [-0.39, 0.29) is 18.4 Å². The largest absolute Gasteiger partial charge is 0.473 e. The highest BCUT2D eigenvalue weighted by Crippen LogP contribution is 2.37. The number of allylic oxidation sites excluding steroid dienone is 1. The average molecular weight is 414 g/mol. The van der Waals surface area contributed by atoms with E-state index in [1.807, 2.05) is 25.3 Å². The zero-order valence-electron chi connectivity index (χ0n) is 16.4. The van der Waals surface area contributed by atoms with Gasteiger partial charge in [-0.3, -0.25) is 9.89 Å². The van der Waals surface area contributed by atoms with Crippen molar-refractivity contribution in [1.82, 2.24) is 19.7 Å². The summed E-state index contributed by atoms with van der Waals surface area (Å²) in [5, 5.41) is 15.8. The Morgan fingerprint density at radius 2 is 2.31 bits per heavy atom. The second-order valence-corrected chi connectivity index (χ2v) is 8.06. The number of nitrogens with one attached hydrogen (secondary N) is 2. The maximum atomic E-state index is 12.2. The van der Waals surface area contributed by atoms with E-state index in [4.69, 9.17) is 9.26 Å². The van der Waals surface area contributed by atoms with Crippen molar-refractivity contribution in [3.05, 3.63) is 46.8 Å². The number of amides is 1. The van der Waals surface area contributed by atoms with Gasteiger partial charge in [-0.2, -0.15) is 9.47 Å². The van der Waals surface area contributed by atoms with Gasteiger partial charge in [-0.25, -0.2) is 0 Å². The maximum absolute atomic E-state index is 12.2. The fourth-order valence-corrected chi connectivity index (χ4v) is 4.23. The van der Waals surface area contributed by atoms with Crippen LogP contribution in [0.2, 0.25) is 0 Å². The average Bonchev–Trinajstić information content (AvgIpc) is 3.43. The van der Waals surface area contributed by atoms with Crippen LogP contribution in [0.15, 0.2) is 28.6 Å². The van der Waals surface area contributed by atoms with E-state index in [9.17, 15) is 4.79 Å². The number of rotatable bonds is 7. The smallest absolute Gasteiger partial charge is 0.233 e. The summed E-state index contributed by atoms with van der Waals surface area (Å²) in [5.74, 6) is 1.83. The first-order valence-electron chi connectivity index (χ1n) is 9.52. The van der Waals surface area contributed by atoms with Crippen molar-refractivity contribution in [1.29, 1.82) is 0 Å². The first-order chi connectivity index (χ1) is 14.0. The first kappa shape index (κ1) is 19.4. The molecule has 0 saturated heterocycles. The van der Waals surface area contributed by atoms with E-state index in [1.165, 1.54) is 11.5 Å². The molecule has 2 atom stereocenters. The number of carbonyl (C=O) groups excluding carboxylic acids is 1. The summed E-state index contributed by atoms with van der Waals surface area (Å²) in [5.41, 5.74) is 3.69. The molecule has 0 radical (unpaired) electrons. The Bertz CT molecular complexity index is 1020. The number of ether oxygens (including phenoxy) is 1.